The second kappa shape index (κ2) is 7.45. The Labute approximate surface area is 120 Å². The highest BCUT2D eigenvalue weighted by Gasteiger charge is 2.10. The Morgan fingerprint density at radius 3 is 2.79 bits per heavy atom. The molecule has 0 saturated carbocycles. The maximum atomic E-state index is 11.8. The van der Waals surface area contributed by atoms with Gasteiger partial charge < -0.3 is 10.6 Å². The van der Waals surface area contributed by atoms with E-state index in [4.69, 9.17) is 11.6 Å². The molecule has 0 bridgehead atoms. The van der Waals surface area contributed by atoms with Crippen molar-refractivity contribution in [3.05, 3.63) is 22.8 Å². The molecule has 2 N–H and O–H groups in total. The predicted octanol–water partition coefficient (Wildman–Crippen LogP) is 1.66. The number of anilines is 1. The standard InChI is InChI=1S/C12H18ClN3O2S/c1-8(19(3)18)4-5-15-12(17)9-6-10(13)11(14-2)16-7-9/h6-8H,4-5H2,1-3H3,(H,14,16)(H,15,17). The third kappa shape index (κ3) is 4.80. The van der Waals surface area contributed by atoms with Gasteiger partial charge in [0.05, 0.1) is 10.6 Å². The van der Waals surface area contributed by atoms with Crippen molar-refractivity contribution in [3.63, 3.8) is 0 Å². The predicted molar refractivity (Wildman–Crippen MR) is 79.3 cm³/mol. The molecule has 1 aromatic heterocycles. The molecule has 0 saturated heterocycles. The molecule has 1 amide bonds. The minimum absolute atomic E-state index is 0.0636. The van der Waals surface area contributed by atoms with Crippen molar-refractivity contribution < 1.29 is 9.00 Å². The lowest BCUT2D eigenvalue weighted by Gasteiger charge is -2.10. The zero-order valence-corrected chi connectivity index (χ0v) is 12.8. The SMILES string of the molecule is CNc1ncc(C(=O)NCCC(C)S(C)=O)cc1Cl. The summed E-state index contributed by atoms with van der Waals surface area (Å²) in [6, 6.07) is 1.57. The van der Waals surface area contributed by atoms with Crippen LogP contribution in [0, 0.1) is 0 Å². The van der Waals surface area contributed by atoms with E-state index < -0.39 is 10.8 Å². The van der Waals surface area contributed by atoms with Gasteiger partial charge in [-0.05, 0) is 12.5 Å². The lowest BCUT2D eigenvalue weighted by Crippen LogP contribution is -2.27. The van der Waals surface area contributed by atoms with E-state index in [9.17, 15) is 9.00 Å². The van der Waals surface area contributed by atoms with Crippen molar-refractivity contribution in [1.29, 1.82) is 0 Å². The van der Waals surface area contributed by atoms with E-state index in [1.54, 1.807) is 19.4 Å². The highest BCUT2D eigenvalue weighted by molar-refractivity contribution is 7.84. The van der Waals surface area contributed by atoms with E-state index in [0.29, 0.717) is 29.4 Å². The number of nitrogens with zero attached hydrogens (tertiary/aromatic N) is 1. The van der Waals surface area contributed by atoms with Gasteiger partial charge in [0.1, 0.15) is 5.82 Å². The van der Waals surface area contributed by atoms with Crippen molar-refractivity contribution in [2.45, 2.75) is 18.6 Å². The molecule has 0 radical (unpaired) electrons. The monoisotopic (exact) mass is 303 g/mol. The number of pyridine rings is 1. The summed E-state index contributed by atoms with van der Waals surface area (Å²) < 4.78 is 11.2. The number of halogens is 1. The maximum absolute atomic E-state index is 11.8. The van der Waals surface area contributed by atoms with Gasteiger partial charge in [-0.2, -0.15) is 0 Å². The van der Waals surface area contributed by atoms with E-state index in [-0.39, 0.29) is 11.2 Å². The molecule has 2 atom stereocenters. The number of rotatable bonds is 6. The molecule has 0 aromatic carbocycles. The molecule has 0 aliphatic carbocycles. The van der Waals surface area contributed by atoms with Gasteiger partial charge in [-0.3, -0.25) is 9.00 Å². The Bertz CT molecular complexity index is 482. The Kier molecular flexibility index (Phi) is 6.24. The summed E-state index contributed by atoms with van der Waals surface area (Å²) in [5.74, 6) is 0.305. The lowest BCUT2D eigenvalue weighted by atomic mass is 10.2. The first-order chi connectivity index (χ1) is 8.95. The molecule has 0 aliphatic heterocycles. The van der Waals surface area contributed by atoms with E-state index >= 15 is 0 Å². The van der Waals surface area contributed by atoms with Crippen molar-refractivity contribution in [2.24, 2.45) is 0 Å². The lowest BCUT2D eigenvalue weighted by molar-refractivity contribution is 0.0953. The van der Waals surface area contributed by atoms with E-state index in [1.165, 1.54) is 6.20 Å². The van der Waals surface area contributed by atoms with Crippen molar-refractivity contribution >= 4 is 34.1 Å². The van der Waals surface area contributed by atoms with Gasteiger partial charge in [0.15, 0.2) is 0 Å². The number of carbonyl (C=O) groups is 1. The van der Waals surface area contributed by atoms with Gasteiger partial charge in [-0.15, -0.1) is 0 Å². The molecule has 0 spiro atoms. The fraction of sp³-hybridized carbons (Fsp3) is 0.500. The average molecular weight is 304 g/mol. The summed E-state index contributed by atoms with van der Waals surface area (Å²) in [6.07, 6.45) is 3.80. The first-order valence-corrected chi connectivity index (χ1v) is 7.89. The van der Waals surface area contributed by atoms with Crippen LogP contribution in [0.2, 0.25) is 5.02 Å². The van der Waals surface area contributed by atoms with Crippen LogP contribution in [0.15, 0.2) is 12.3 Å². The molecule has 0 fully saturated rings. The van der Waals surface area contributed by atoms with Gasteiger partial charge in [0, 0.05) is 42.1 Å². The maximum Gasteiger partial charge on any atom is 0.252 e. The number of nitrogens with one attached hydrogen (secondary N) is 2. The van der Waals surface area contributed by atoms with Crippen LogP contribution in [-0.2, 0) is 10.8 Å². The minimum Gasteiger partial charge on any atom is -0.372 e. The molecule has 7 heteroatoms. The zero-order chi connectivity index (χ0) is 14.4. The van der Waals surface area contributed by atoms with Crippen LogP contribution < -0.4 is 10.6 Å². The van der Waals surface area contributed by atoms with Gasteiger partial charge in [0.2, 0.25) is 0 Å². The summed E-state index contributed by atoms with van der Waals surface area (Å²) in [4.78, 5) is 15.9. The second-order valence-electron chi connectivity index (χ2n) is 4.16. The van der Waals surface area contributed by atoms with E-state index in [1.807, 2.05) is 6.92 Å². The van der Waals surface area contributed by atoms with Gasteiger partial charge in [-0.25, -0.2) is 4.98 Å². The quantitative estimate of drug-likeness (QED) is 0.838. The van der Waals surface area contributed by atoms with Gasteiger partial charge in [-0.1, -0.05) is 18.5 Å². The molecule has 19 heavy (non-hydrogen) atoms. The summed E-state index contributed by atoms with van der Waals surface area (Å²) >= 11 is 5.95. The topological polar surface area (TPSA) is 71.1 Å². The molecular formula is C12H18ClN3O2S. The van der Waals surface area contributed by atoms with Crippen LogP contribution in [0.1, 0.15) is 23.7 Å². The average Bonchev–Trinajstić information content (AvgIpc) is 2.38. The smallest absolute Gasteiger partial charge is 0.252 e. The molecule has 0 aliphatic rings. The Morgan fingerprint density at radius 2 is 2.26 bits per heavy atom. The summed E-state index contributed by atoms with van der Waals surface area (Å²) in [6.45, 7) is 2.37. The second-order valence-corrected chi connectivity index (χ2v) is 6.37. The Balaban J connectivity index is 2.54. The number of amides is 1. The zero-order valence-electron chi connectivity index (χ0n) is 11.2. The minimum atomic E-state index is -0.871. The van der Waals surface area contributed by atoms with Crippen LogP contribution in [-0.4, -0.2) is 40.2 Å². The molecule has 1 heterocycles. The molecular weight excluding hydrogens is 286 g/mol. The van der Waals surface area contributed by atoms with Crippen molar-refractivity contribution in [3.8, 4) is 0 Å². The normalized spacial score (nSPS) is 13.7. The third-order valence-electron chi connectivity index (χ3n) is 2.74. The molecule has 1 rings (SSSR count). The van der Waals surface area contributed by atoms with Crippen LogP contribution in [0.4, 0.5) is 5.82 Å². The summed E-state index contributed by atoms with van der Waals surface area (Å²) in [7, 11) is 0.838. The molecule has 2 unspecified atom stereocenters. The van der Waals surface area contributed by atoms with Crippen LogP contribution >= 0.6 is 11.6 Å². The first kappa shape index (κ1) is 15.9. The van der Waals surface area contributed by atoms with Crippen LogP contribution in [0.5, 0.6) is 0 Å². The third-order valence-corrected chi connectivity index (χ3v) is 4.40. The number of aromatic nitrogens is 1. The summed E-state index contributed by atoms with van der Waals surface area (Å²) in [5, 5.41) is 6.05. The van der Waals surface area contributed by atoms with Crippen molar-refractivity contribution in [2.75, 3.05) is 25.2 Å². The number of hydrogen-bond acceptors (Lipinski definition) is 4. The van der Waals surface area contributed by atoms with Crippen LogP contribution in [0.25, 0.3) is 0 Å². The highest BCUT2D eigenvalue weighted by atomic mass is 35.5. The van der Waals surface area contributed by atoms with E-state index in [0.717, 1.165) is 0 Å². The number of hydrogen-bond donors (Lipinski definition) is 2. The van der Waals surface area contributed by atoms with Gasteiger partial charge >= 0.3 is 0 Å². The first-order valence-electron chi connectivity index (χ1n) is 5.89. The Hall–Kier alpha value is -1.14. The molecule has 1 aromatic rings. The highest BCUT2D eigenvalue weighted by Crippen LogP contribution is 2.19. The van der Waals surface area contributed by atoms with Gasteiger partial charge in [0.25, 0.3) is 5.91 Å². The largest absolute Gasteiger partial charge is 0.372 e. The molecule has 106 valence electrons. The number of carbonyl (C=O) groups excluding carboxylic acids is 1. The summed E-state index contributed by atoms with van der Waals surface area (Å²) in [5.41, 5.74) is 0.411. The van der Waals surface area contributed by atoms with Crippen LogP contribution in [0.3, 0.4) is 0 Å². The molecule has 5 nitrogen and oxygen atoms in total. The van der Waals surface area contributed by atoms with E-state index in [2.05, 4.69) is 15.6 Å². The fourth-order valence-electron chi connectivity index (χ4n) is 1.40. The Morgan fingerprint density at radius 1 is 1.58 bits per heavy atom. The fourth-order valence-corrected chi connectivity index (χ4v) is 2.11. The van der Waals surface area contributed by atoms with Crippen molar-refractivity contribution in [1.82, 2.24) is 10.3 Å².